The third kappa shape index (κ3) is 3.79. The predicted octanol–water partition coefficient (Wildman–Crippen LogP) is 3.30. The Hall–Kier alpha value is -3.38. The number of hydrogen-bond donors (Lipinski definition) is 2. The molecule has 4 rings (SSSR count). The van der Waals surface area contributed by atoms with Crippen LogP contribution in [0.15, 0.2) is 55.1 Å². The fourth-order valence-electron chi connectivity index (χ4n) is 3.76. The van der Waals surface area contributed by atoms with Crippen molar-refractivity contribution in [2.45, 2.75) is 18.6 Å². The van der Waals surface area contributed by atoms with Crippen LogP contribution < -0.4 is 5.32 Å². The van der Waals surface area contributed by atoms with Crippen molar-refractivity contribution in [2.75, 3.05) is 18.5 Å². The Morgan fingerprint density at radius 3 is 2.62 bits per heavy atom. The Kier molecular flexibility index (Phi) is 5.18. The van der Waals surface area contributed by atoms with Gasteiger partial charge in [0.15, 0.2) is 0 Å². The van der Waals surface area contributed by atoms with Gasteiger partial charge in [0, 0.05) is 6.54 Å². The van der Waals surface area contributed by atoms with Crippen LogP contribution in [0.2, 0.25) is 0 Å². The lowest BCUT2D eigenvalue weighted by Gasteiger charge is -2.24. The molecule has 2 unspecified atom stereocenters. The van der Waals surface area contributed by atoms with E-state index in [1.807, 2.05) is 18.2 Å². The quantitative estimate of drug-likeness (QED) is 0.607. The van der Waals surface area contributed by atoms with Crippen molar-refractivity contribution >= 4 is 29.7 Å². The molecule has 2 heterocycles. The molecule has 0 aliphatic carbocycles. The molecular formula is C23H22N2O4. The number of carbonyl (C=O) groups excluding carboxylic acids is 2. The molecule has 0 bridgehead atoms. The fraction of sp³-hybridized carbons (Fsp3) is 0.217. The lowest BCUT2D eigenvalue weighted by atomic mass is 10.1. The average Bonchev–Trinajstić information content (AvgIpc) is 3.12. The molecule has 2 atom stereocenters. The third-order valence-electron chi connectivity index (χ3n) is 5.19. The lowest BCUT2D eigenvalue weighted by molar-refractivity contribution is -0.122. The van der Waals surface area contributed by atoms with Gasteiger partial charge in [0.05, 0.1) is 24.0 Å². The molecule has 2 N–H and O–H groups in total. The van der Waals surface area contributed by atoms with Crippen molar-refractivity contribution in [1.82, 2.24) is 4.90 Å². The molecule has 6 heteroatoms. The summed E-state index contributed by atoms with van der Waals surface area (Å²) < 4.78 is 5.71. The first-order chi connectivity index (χ1) is 14.1. The topological polar surface area (TPSA) is 78.9 Å². The summed E-state index contributed by atoms with van der Waals surface area (Å²) in [4.78, 5) is 27.5. The Balaban J connectivity index is 1.60. The van der Waals surface area contributed by atoms with Crippen LogP contribution in [0.4, 0.5) is 5.69 Å². The number of rotatable bonds is 5. The molecule has 0 spiro atoms. The Morgan fingerprint density at radius 1 is 1.14 bits per heavy atom. The number of ether oxygens (including phenoxy) is 1. The minimum absolute atomic E-state index is 0.173. The van der Waals surface area contributed by atoms with Crippen molar-refractivity contribution in [3.05, 3.63) is 71.8 Å². The average molecular weight is 390 g/mol. The van der Waals surface area contributed by atoms with Gasteiger partial charge in [0.25, 0.3) is 5.91 Å². The minimum Gasteiger partial charge on any atom is -0.508 e. The van der Waals surface area contributed by atoms with Gasteiger partial charge in [0.2, 0.25) is 5.91 Å². The van der Waals surface area contributed by atoms with Crippen LogP contribution in [0.3, 0.4) is 0 Å². The van der Waals surface area contributed by atoms with E-state index < -0.39 is 6.04 Å². The molecule has 1 saturated heterocycles. The number of phenols is 1. The molecule has 2 aliphatic rings. The van der Waals surface area contributed by atoms with E-state index in [9.17, 15) is 14.7 Å². The van der Waals surface area contributed by atoms with E-state index in [-0.39, 0.29) is 23.7 Å². The van der Waals surface area contributed by atoms with E-state index in [1.165, 1.54) is 0 Å². The lowest BCUT2D eigenvalue weighted by Crippen LogP contribution is -2.46. The number of aromatic hydroxyl groups is 1. The number of hydrogen-bond acceptors (Lipinski definition) is 4. The number of nitrogens with zero attached hydrogens (tertiary/aromatic N) is 1. The molecule has 2 aliphatic heterocycles. The summed E-state index contributed by atoms with van der Waals surface area (Å²) in [5, 5.41) is 12.3. The molecule has 29 heavy (non-hydrogen) atoms. The van der Waals surface area contributed by atoms with Crippen molar-refractivity contribution in [3.8, 4) is 5.75 Å². The van der Waals surface area contributed by atoms with Gasteiger partial charge in [-0.15, -0.1) is 6.58 Å². The Labute approximate surface area is 169 Å². The van der Waals surface area contributed by atoms with Crippen LogP contribution in [0.5, 0.6) is 5.75 Å². The van der Waals surface area contributed by atoms with Gasteiger partial charge in [-0.3, -0.25) is 9.59 Å². The molecule has 6 nitrogen and oxygen atoms in total. The maximum atomic E-state index is 13.2. The van der Waals surface area contributed by atoms with Crippen LogP contribution in [0.1, 0.15) is 27.9 Å². The predicted molar refractivity (Wildman–Crippen MR) is 111 cm³/mol. The standard InChI is InChI=1S/C23H22N2O4/c1-2-13-29-20-11-12-25-21(20)22(27)24-19-10-7-16(14-18(19)23(25)28)4-3-15-5-8-17(26)9-6-15/h2-10,14,20-21,26H,1,11-13H2,(H,24,27). The number of amides is 2. The van der Waals surface area contributed by atoms with E-state index >= 15 is 0 Å². The smallest absolute Gasteiger partial charge is 0.256 e. The summed E-state index contributed by atoms with van der Waals surface area (Å²) in [6, 6.07) is 11.6. The van der Waals surface area contributed by atoms with Gasteiger partial charge in [-0.05, 0) is 41.8 Å². The molecular weight excluding hydrogens is 368 g/mol. The SMILES string of the molecule is C=CCOC1CCN2C(=O)c3cc(C=Cc4ccc(O)cc4)ccc3NC(=O)C12. The summed E-state index contributed by atoms with van der Waals surface area (Å²) in [7, 11) is 0. The zero-order chi connectivity index (χ0) is 20.4. The molecule has 2 aromatic carbocycles. The highest BCUT2D eigenvalue weighted by molar-refractivity contribution is 6.10. The molecule has 0 radical (unpaired) electrons. The van der Waals surface area contributed by atoms with Gasteiger partial charge in [-0.25, -0.2) is 0 Å². The van der Waals surface area contributed by atoms with Crippen LogP contribution in [-0.2, 0) is 9.53 Å². The minimum atomic E-state index is -0.633. The maximum absolute atomic E-state index is 13.2. The molecule has 1 fully saturated rings. The Morgan fingerprint density at radius 2 is 1.86 bits per heavy atom. The van der Waals surface area contributed by atoms with Gasteiger partial charge in [-0.2, -0.15) is 0 Å². The zero-order valence-electron chi connectivity index (χ0n) is 15.9. The number of fused-ring (bicyclic) bond motifs is 2. The molecule has 0 aromatic heterocycles. The zero-order valence-corrected chi connectivity index (χ0v) is 15.9. The number of carbonyl (C=O) groups is 2. The van der Waals surface area contributed by atoms with E-state index in [0.29, 0.717) is 30.8 Å². The molecule has 0 saturated carbocycles. The van der Waals surface area contributed by atoms with Crippen molar-refractivity contribution in [2.24, 2.45) is 0 Å². The Bertz CT molecular complexity index is 981. The maximum Gasteiger partial charge on any atom is 0.256 e. The first kappa shape index (κ1) is 19.0. The van der Waals surface area contributed by atoms with Crippen molar-refractivity contribution in [1.29, 1.82) is 0 Å². The third-order valence-corrected chi connectivity index (χ3v) is 5.19. The monoisotopic (exact) mass is 390 g/mol. The van der Waals surface area contributed by atoms with Gasteiger partial charge in [-0.1, -0.05) is 36.4 Å². The van der Waals surface area contributed by atoms with Crippen molar-refractivity contribution < 1.29 is 19.4 Å². The van der Waals surface area contributed by atoms with E-state index in [2.05, 4.69) is 11.9 Å². The van der Waals surface area contributed by atoms with Gasteiger partial charge >= 0.3 is 0 Å². The summed E-state index contributed by atoms with van der Waals surface area (Å²) in [5.74, 6) is -0.187. The number of anilines is 1. The summed E-state index contributed by atoms with van der Waals surface area (Å²) in [6.07, 6.45) is 5.72. The molecule has 2 amide bonds. The second-order valence-electron chi connectivity index (χ2n) is 7.11. The summed E-state index contributed by atoms with van der Waals surface area (Å²) in [5.41, 5.74) is 2.76. The van der Waals surface area contributed by atoms with E-state index in [4.69, 9.17) is 4.74 Å². The van der Waals surface area contributed by atoms with Crippen LogP contribution in [0, 0.1) is 0 Å². The number of benzene rings is 2. The van der Waals surface area contributed by atoms with E-state index in [1.54, 1.807) is 47.4 Å². The second-order valence-corrected chi connectivity index (χ2v) is 7.11. The van der Waals surface area contributed by atoms with E-state index in [0.717, 1.165) is 11.1 Å². The molecule has 148 valence electrons. The number of nitrogens with one attached hydrogen (secondary N) is 1. The largest absolute Gasteiger partial charge is 0.508 e. The second kappa shape index (κ2) is 7.93. The molecule has 2 aromatic rings. The van der Waals surface area contributed by atoms with Gasteiger partial charge in [0.1, 0.15) is 11.8 Å². The normalized spacial score (nSPS) is 20.9. The van der Waals surface area contributed by atoms with Crippen LogP contribution in [-0.4, -0.2) is 47.1 Å². The highest BCUT2D eigenvalue weighted by atomic mass is 16.5. The first-order valence-corrected chi connectivity index (χ1v) is 9.52. The highest BCUT2D eigenvalue weighted by Gasteiger charge is 2.45. The van der Waals surface area contributed by atoms with Crippen LogP contribution in [0.25, 0.3) is 12.2 Å². The number of phenolic OH excluding ortho intramolecular Hbond substituents is 1. The summed E-state index contributed by atoms with van der Waals surface area (Å²) >= 11 is 0. The van der Waals surface area contributed by atoms with Crippen molar-refractivity contribution in [3.63, 3.8) is 0 Å². The van der Waals surface area contributed by atoms with Crippen LogP contribution >= 0.6 is 0 Å². The van der Waals surface area contributed by atoms with Gasteiger partial charge < -0.3 is 20.1 Å². The highest BCUT2D eigenvalue weighted by Crippen LogP contribution is 2.31. The summed E-state index contributed by atoms with van der Waals surface area (Å²) in [6.45, 7) is 4.46. The fourth-order valence-corrected chi connectivity index (χ4v) is 3.76. The first-order valence-electron chi connectivity index (χ1n) is 9.52.